The summed E-state index contributed by atoms with van der Waals surface area (Å²) in [5, 5.41) is 6.70. The smallest absolute Gasteiger partial charge is 0.311 e. The van der Waals surface area contributed by atoms with Gasteiger partial charge in [-0.2, -0.15) is 0 Å². The van der Waals surface area contributed by atoms with Crippen molar-refractivity contribution in [1.82, 2.24) is 14.4 Å². The minimum atomic E-state index is -0.405. The fourth-order valence-electron chi connectivity index (χ4n) is 1.92. The second-order valence-corrected chi connectivity index (χ2v) is 6.48. The van der Waals surface area contributed by atoms with Crippen LogP contribution in [0.3, 0.4) is 0 Å². The molecule has 1 N–H and O–H groups in total. The summed E-state index contributed by atoms with van der Waals surface area (Å²) in [7, 11) is 0. The molecule has 0 unspecified atom stereocenters. The average molecular weight is 371 g/mol. The van der Waals surface area contributed by atoms with Crippen LogP contribution in [0.1, 0.15) is 23.1 Å². The van der Waals surface area contributed by atoms with Crippen LogP contribution >= 0.6 is 34.3 Å². The summed E-state index contributed by atoms with van der Waals surface area (Å²) >= 11 is 8.63. The molecule has 0 saturated carbocycles. The van der Waals surface area contributed by atoms with E-state index in [2.05, 4.69) is 15.3 Å². The molecule has 1 amide bonds. The molecule has 3 aromatic rings. The number of fused-ring (bicyclic) bond motifs is 1. The van der Waals surface area contributed by atoms with Crippen molar-refractivity contribution in [2.75, 3.05) is 11.9 Å². The van der Waals surface area contributed by atoms with Gasteiger partial charge in [-0.25, -0.2) is 9.97 Å². The van der Waals surface area contributed by atoms with Gasteiger partial charge in [0.2, 0.25) is 0 Å². The lowest BCUT2D eigenvalue weighted by Gasteiger charge is -2.01. The Morgan fingerprint density at radius 1 is 1.39 bits per heavy atom. The number of carbonyl (C=O) groups is 2. The third kappa shape index (κ3) is 3.36. The first-order chi connectivity index (χ1) is 11.1. The van der Waals surface area contributed by atoms with Gasteiger partial charge >= 0.3 is 5.97 Å². The first-order valence-electron chi connectivity index (χ1n) is 6.61. The minimum absolute atomic E-state index is 0.0719. The number of thiazole rings is 2. The van der Waals surface area contributed by atoms with Crippen molar-refractivity contribution in [1.29, 1.82) is 0 Å². The second kappa shape index (κ2) is 6.65. The van der Waals surface area contributed by atoms with E-state index in [1.165, 1.54) is 22.7 Å². The van der Waals surface area contributed by atoms with Crippen LogP contribution in [-0.4, -0.2) is 32.9 Å². The van der Waals surface area contributed by atoms with E-state index in [-0.39, 0.29) is 23.2 Å². The Labute approximate surface area is 143 Å². The van der Waals surface area contributed by atoms with Crippen LogP contribution < -0.4 is 5.32 Å². The molecule has 0 aliphatic rings. The number of hydrogen-bond acceptors (Lipinski definition) is 7. The van der Waals surface area contributed by atoms with Crippen molar-refractivity contribution in [2.45, 2.75) is 13.3 Å². The van der Waals surface area contributed by atoms with Gasteiger partial charge < -0.3 is 4.74 Å². The largest absolute Gasteiger partial charge is 0.466 e. The minimum Gasteiger partial charge on any atom is -0.466 e. The molecule has 120 valence electrons. The van der Waals surface area contributed by atoms with Gasteiger partial charge in [-0.15, -0.1) is 22.7 Å². The first-order valence-corrected chi connectivity index (χ1v) is 8.74. The predicted octanol–water partition coefficient (Wildman–Crippen LogP) is 2.86. The van der Waals surface area contributed by atoms with Crippen LogP contribution in [0.4, 0.5) is 5.13 Å². The number of imidazole rings is 1. The predicted molar refractivity (Wildman–Crippen MR) is 88.5 cm³/mol. The Bertz CT molecular complexity index is 870. The molecule has 0 bridgehead atoms. The van der Waals surface area contributed by atoms with Crippen molar-refractivity contribution in [3.05, 3.63) is 33.5 Å². The number of nitrogens with zero attached hydrogens (tertiary/aromatic N) is 3. The first kappa shape index (κ1) is 15.9. The maximum Gasteiger partial charge on any atom is 0.311 e. The zero-order valence-electron chi connectivity index (χ0n) is 11.9. The van der Waals surface area contributed by atoms with Gasteiger partial charge in [0.25, 0.3) is 5.91 Å². The lowest BCUT2D eigenvalue weighted by atomic mass is 10.3. The summed E-state index contributed by atoms with van der Waals surface area (Å²) in [5.41, 5.74) is 0.800. The Morgan fingerprint density at radius 3 is 3.00 bits per heavy atom. The molecule has 0 radical (unpaired) electrons. The van der Waals surface area contributed by atoms with E-state index in [0.717, 1.165) is 0 Å². The number of ether oxygens (including phenoxy) is 1. The molecule has 0 aliphatic carbocycles. The molecule has 0 saturated heterocycles. The lowest BCUT2D eigenvalue weighted by molar-refractivity contribution is -0.142. The summed E-state index contributed by atoms with van der Waals surface area (Å²) in [6.07, 6.45) is 1.80. The number of rotatable bonds is 5. The van der Waals surface area contributed by atoms with E-state index < -0.39 is 5.91 Å². The van der Waals surface area contributed by atoms with E-state index in [0.29, 0.717) is 22.4 Å². The number of hydrogen-bond donors (Lipinski definition) is 1. The monoisotopic (exact) mass is 370 g/mol. The van der Waals surface area contributed by atoms with Crippen LogP contribution in [0, 0.1) is 0 Å². The summed E-state index contributed by atoms with van der Waals surface area (Å²) in [6, 6.07) is 0. The highest BCUT2D eigenvalue weighted by Crippen LogP contribution is 2.23. The van der Waals surface area contributed by atoms with Crippen molar-refractivity contribution >= 4 is 56.2 Å². The number of anilines is 1. The van der Waals surface area contributed by atoms with E-state index in [1.54, 1.807) is 22.9 Å². The normalized spacial score (nSPS) is 10.9. The third-order valence-electron chi connectivity index (χ3n) is 2.84. The molecule has 7 nitrogen and oxygen atoms in total. The lowest BCUT2D eigenvalue weighted by Crippen LogP contribution is -2.14. The second-order valence-electron chi connectivity index (χ2n) is 4.39. The number of carbonyl (C=O) groups excluding carboxylic acids is 2. The molecular formula is C13H11ClN4O3S2. The molecule has 3 heterocycles. The average Bonchev–Trinajstić information content (AvgIpc) is 3.15. The Hall–Kier alpha value is -1.97. The Morgan fingerprint density at radius 2 is 2.22 bits per heavy atom. The quantitative estimate of drug-likeness (QED) is 0.698. The van der Waals surface area contributed by atoms with Gasteiger partial charge in [0, 0.05) is 17.0 Å². The van der Waals surface area contributed by atoms with Gasteiger partial charge in [0.15, 0.2) is 20.9 Å². The molecule has 3 aromatic heterocycles. The molecule has 10 heteroatoms. The number of amides is 1. The molecule has 0 fully saturated rings. The maximum absolute atomic E-state index is 12.4. The molecule has 0 spiro atoms. The van der Waals surface area contributed by atoms with Crippen LogP contribution in [0.2, 0.25) is 5.15 Å². The fraction of sp³-hybridized carbons (Fsp3) is 0.231. The zero-order valence-corrected chi connectivity index (χ0v) is 14.3. The van der Waals surface area contributed by atoms with Crippen molar-refractivity contribution in [3.63, 3.8) is 0 Å². The van der Waals surface area contributed by atoms with E-state index in [4.69, 9.17) is 16.3 Å². The highest BCUT2D eigenvalue weighted by atomic mass is 35.5. The summed E-state index contributed by atoms with van der Waals surface area (Å²) in [5.74, 6) is -0.757. The van der Waals surface area contributed by atoms with Crippen LogP contribution in [0.25, 0.3) is 4.96 Å². The van der Waals surface area contributed by atoms with Gasteiger partial charge in [-0.1, -0.05) is 11.6 Å². The van der Waals surface area contributed by atoms with E-state index in [1.807, 2.05) is 5.38 Å². The molecule has 3 rings (SSSR count). The maximum atomic E-state index is 12.4. The Balaban J connectivity index is 1.73. The van der Waals surface area contributed by atoms with E-state index in [9.17, 15) is 9.59 Å². The SMILES string of the molecule is CCOC(=O)Cc1csc(NC(=O)c2c(Cl)nc3sccn23)n1. The molecule has 0 aromatic carbocycles. The van der Waals surface area contributed by atoms with Crippen LogP contribution in [-0.2, 0) is 16.0 Å². The molecular weight excluding hydrogens is 360 g/mol. The Kier molecular flexibility index (Phi) is 4.60. The number of esters is 1. The van der Waals surface area contributed by atoms with E-state index >= 15 is 0 Å². The van der Waals surface area contributed by atoms with Crippen molar-refractivity contribution < 1.29 is 14.3 Å². The standard InChI is InChI=1S/C13H11ClN4O3S2/c1-2-21-8(19)5-7-6-23-12(15-7)17-11(20)9-10(14)16-13-18(9)3-4-22-13/h3-4,6H,2,5H2,1H3,(H,15,17,20). The summed E-state index contributed by atoms with van der Waals surface area (Å²) < 4.78 is 6.48. The molecule has 0 aliphatic heterocycles. The number of aromatic nitrogens is 3. The highest BCUT2D eigenvalue weighted by molar-refractivity contribution is 7.15. The summed E-state index contributed by atoms with van der Waals surface area (Å²) in [6.45, 7) is 2.06. The van der Waals surface area contributed by atoms with Gasteiger partial charge in [0.1, 0.15) is 0 Å². The molecule has 0 atom stereocenters. The topological polar surface area (TPSA) is 85.6 Å². The van der Waals surface area contributed by atoms with Crippen molar-refractivity contribution in [3.8, 4) is 0 Å². The fourth-order valence-corrected chi connectivity index (χ4v) is 3.65. The number of nitrogens with one attached hydrogen (secondary N) is 1. The zero-order chi connectivity index (χ0) is 16.4. The summed E-state index contributed by atoms with van der Waals surface area (Å²) in [4.78, 5) is 32.7. The van der Waals surface area contributed by atoms with Crippen LogP contribution in [0.15, 0.2) is 17.0 Å². The van der Waals surface area contributed by atoms with Crippen LogP contribution in [0.5, 0.6) is 0 Å². The van der Waals surface area contributed by atoms with Crippen molar-refractivity contribution in [2.24, 2.45) is 0 Å². The number of halogens is 1. The van der Waals surface area contributed by atoms with Gasteiger partial charge in [-0.3, -0.25) is 19.3 Å². The third-order valence-corrected chi connectivity index (χ3v) is 4.66. The van der Waals surface area contributed by atoms with Gasteiger partial charge in [-0.05, 0) is 6.92 Å². The van der Waals surface area contributed by atoms with Gasteiger partial charge in [0.05, 0.1) is 18.7 Å². The highest BCUT2D eigenvalue weighted by Gasteiger charge is 2.20. The molecule has 23 heavy (non-hydrogen) atoms.